The summed E-state index contributed by atoms with van der Waals surface area (Å²) in [6.45, 7) is 5.70. The third kappa shape index (κ3) is 1.46. The number of nitrogens with one attached hydrogen (secondary N) is 1. The van der Waals surface area contributed by atoms with E-state index in [0.717, 1.165) is 11.9 Å². The third-order valence-corrected chi connectivity index (χ3v) is 1.71. The predicted octanol–water partition coefficient (Wildman–Crippen LogP) is 0.979. The molecule has 1 N–H and O–H groups in total. The molecule has 0 aromatic heterocycles. The Kier molecular flexibility index (Phi) is 2.45. The van der Waals surface area contributed by atoms with Gasteiger partial charge in [-0.3, -0.25) is 9.80 Å². The molecule has 0 fully saturated rings. The van der Waals surface area contributed by atoms with Crippen molar-refractivity contribution in [1.82, 2.24) is 10.4 Å². The van der Waals surface area contributed by atoms with Gasteiger partial charge in [0.15, 0.2) is 6.29 Å². The first-order valence-electron chi connectivity index (χ1n) is 3.70. The number of carbonyl (C=O) groups is 1. The van der Waals surface area contributed by atoms with E-state index in [1.54, 1.807) is 12.1 Å². The van der Waals surface area contributed by atoms with Crippen molar-refractivity contribution in [3.05, 3.63) is 35.7 Å². The number of hydrogen-bond donors (Lipinski definition) is 1. The van der Waals surface area contributed by atoms with Crippen LogP contribution in [0.4, 0.5) is 0 Å². The molecule has 1 aliphatic rings. The zero-order valence-corrected chi connectivity index (χ0v) is 7.29. The first-order chi connectivity index (χ1) is 5.69. The van der Waals surface area contributed by atoms with Gasteiger partial charge in [-0.2, -0.15) is 0 Å². The van der Waals surface area contributed by atoms with E-state index in [1.165, 1.54) is 0 Å². The molecule has 0 radical (unpaired) electrons. The van der Waals surface area contributed by atoms with Crippen molar-refractivity contribution in [1.29, 1.82) is 0 Å². The summed E-state index contributed by atoms with van der Waals surface area (Å²) in [4.78, 5) is 10.6. The van der Waals surface area contributed by atoms with Crippen LogP contribution in [0.2, 0.25) is 0 Å². The SMILES string of the molecule is C=C1C(C=O)=CC(C)=CN1NC. The van der Waals surface area contributed by atoms with E-state index in [1.807, 2.05) is 19.2 Å². The summed E-state index contributed by atoms with van der Waals surface area (Å²) >= 11 is 0. The van der Waals surface area contributed by atoms with Gasteiger partial charge in [0.25, 0.3) is 0 Å². The van der Waals surface area contributed by atoms with Crippen LogP contribution < -0.4 is 5.43 Å². The van der Waals surface area contributed by atoms with Gasteiger partial charge in [-0.1, -0.05) is 6.58 Å². The fraction of sp³-hybridized carbons (Fsp3) is 0.222. The molecule has 0 amide bonds. The van der Waals surface area contributed by atoms with Crippen LogP contribution in [0.3, 0.4) is 0 Å². The van der Waals surface area contributed by atoms with Crippen LogP contribution in [0.25, 0.3) is 0 Å². The molecule has 0 saturated carbocycles. The van der Waals surface area contributed by atoms with Crippen molar-refractivity contribution in [3.8, 4) is 0 Å². The second-order valence-electron chi connectivity index (χ2n) is 2.63. The molecule has 1 rings (SSSR count). The molecule has 0 aliphatic carbocycles. The summed E-state index contributed by atoms with van der Waals surface area (Å²) in [6, 6.07) is 0. The number of hydrogen-bond acceptors (Lipinski definition) is 3. The fourth-order valence-electron chi connectivity index (χ4n) is 1.09. The van der Waals surface area contributed by atoms with Gasteiger partial charge in [0, 0.05) is 18.8 Å². The molecule has 0 unspecified atom stereocenters. The van der Waals surface area contributed by atoms with E-state index in [2.05, 4.69) is 12.0 Å². The number of allylic oxidation sites excluding steroid dienone is 3. The van der Waals surface area contributed by atoms with Gasteiger partial charge in [0.2, 0.25) is 0 Å². The normalized spacial score (nSPS) is 17.2. The lowest BCUT2D eigenvalue weighted by Gasteiger charge is -2.25. The van der Waals surface area contributed by atoms with Crippen molar-refractivity contribution >= 4 is 6.29 Å². The minimum Gasteiger partial charge on any atom is -0.298 e. The summed E-state index contributed by atoms with van der Waals surface area (Å²) in [5, 5.41) is 1.72. The van der Waals surface area contributed by atoms with Crippen molar-refractivity contribution in [2.45, 2.75) is 6.92 Å². The maximum absolute atomic E-state index is 10.6. The van der Waals surface area contributed by atoms with E-state index in [4.69, 9.17) is 0 Å². The smallest absolute Gasteiger partial charge is 0.152 e. The van der Waals surface area contributed by atoms with Crippen molar-refractivity contribution in [2.24, 2.45) is 0 Å². The van der Waals surface area contributed by atoms with Gasteiger partial charge < -0.3 is 0 Å². The Hall–Kier alpha value is -1.35. The number of carbonyl (C=O) groups excluding carboxylic acids is 1. The fourth-order valence-corrected chi connectivity index (χ4v) is 1.09. The molecule has 3 nitrogen and oxygen atoms in total. The second-order valence-corrected chi connectivity index (χ2v) is 2.63. The Morgan fingerprint density at radius 3 is 2.83 bits per heavy atom. The maximum Gasteiger partial charge on any atom is 0.152 e. The monoisotopic (exact) mass is 164 g/mol. The highest BCUT2D eigenvalue weighted by Crippen LogP contribution is 2.18. The number of aldehydes is 1. The Labute approximate surface area is 72.0 Å². The lowest BCUT2D eigenvalue weighted by Crippen LogP contribution is -2.31. The van der Waals surface area contributed by atoms with Crippen molar-refractivity contribution in [2.75, 3.05) is 7.05 Å². The van der Waals surface area contributed by atoms with Crippen molar-refractivity contribution in [3.63, 3.8) is 0 Å². The highest BCUT2D eigenvalue weighted by molar-refractivity contribution is 5.81. The number of rotatable bonds is 2. The van der Waals surface area contributed by atoms with E-state index >= 15 is 0 Å². The molecule has 0 aromatic carbocycles. The third-order valence-electron chi connectivity index (χ3n) is 1.71. The quantitative estimate of drug-likeness (QED) is 0.617. The van der Waals surface area contributed by atoms with Gasteiger partial charge in [-0.15, -0.1) is 0 Å². The van der Waals surface area contributed by atoms with E-state index in [0.29, 0.717) is 11.3 Å². The van der Waals surface area contributed by atoms with Gasteiger partial charge >= 0.3 is 0 Å². The van der Waals surface area contributed by atoms with E-state index < -0.39 is 0 Å². The van der Waals surface area contributed by atoms with Gasteiger partial charge in [0.1, 0.15) is 0 Å². The standard InChI is InChI=1S/C9H12N2O/c1-7-4-9(6-12)8(2)11(5-7)10-3/h4-6,10H,2H2,1,3H3. The number of nitrogens with zero attached hydrogens (tertiary/aromatic N) is 1. The zero-order valence-electron chi connectivity index (χ0n) is 7.29. The van der Waals surface area contributed by atoms with Crippen LogP contribution in [-0.2, 0) is 4.79 Å². The molecular weight excluding hydrogens is 152 g/mol. The Morgan fingerprint density at radius 2 is 2.33 bits per heavy atom. The lowest BCUT2D eigenvalue weighted by atomic mass is 10.1. The average molecular weight is 164 g/mol. The van der Waals surface area contributed by atoms with Crippen LogP contribution in [0.1, 0.15) is 6.92 Å². The van der Waals surface area contributed by atoms with Gasteiger partial charge in [-0.05, 0) is 18.6 Å². The molecule has 1 heterocycles. The summed E-state index contributed by atoms with van der Waals surface area (Å²) < 4.78 is 0. The first kappa shape index (κ1) is 8.74. The number of hydrazine groups is 1. The molecule has 12 heavy (non-hydrogen) atoms. The maximum atomic E-state index is 10.6. The molecule has 1 aliphatic heterocycles. The van der Waals surface area contributed by atoms with Gasteiger partial charge in [-0.25, -0.2) is 5.43 Å². The molecule has 0 saturated heterocycles. The minimum atomic E-state index is 0.615. The Balaban J connectivity index is 2.98. The highest BCUT2D eigenvalue weighted by Gasteiger charge is 2.12. The van der Waals surface area contributed by atoms with E-state index in [9.17, 15) is 4.79 Å². The largest absolute Gasteiger partial charge is 0.298 e. The summed E-state index contributed by atoms with van der Waals surface area (Å²) in [7, 11) is 1.78. The van der Waals surface area contributed by atoms with Gasteiger partial charge in [0.05, 0.1) is 5.70 Å². The molecular formula is C9H12N2O. The lowest BCUT2D eigenvalue weighted by molar-refractivity contribution is -0.104. The zero-order chi connectivity index (χ0) is 9.14. The van der Waals surface area contributed by atoms with Crippen LogP contribution in [0, 0.1) is 0 Å². The first-order valence-corrected chi connectivity index (χ1v) is 3.70. The summed E-state index contributed by atoms with van der Waals surface area (Å²) in [6.07, 6.45) is 4.50. The summed E-state index contributed by atoms with van der Waals surface area (Å²) in [5.41, 5.74) is 5.23. The predicted molar refractivity (Wildman–Crippen MR) is 47.9 cm³/mol. The molecule has 0 atom stereocenters. The topological polar surface area (TPSA) is 32.3 Å². The Bertz CT molecular complexity index is 276. The second kappa shape index (κ2) is 3.36. The minimum absolute atomic E-state index is 0.615. The Morgan fingerprint density at radius 1 is 1.67 bits per heavy atom. The van der Waals surface area contributed by atoms with Crippen LogP contribution in [0.5, 0.6) is 0 Å². The average Bonchev–Trinajstić information content (AvgIpc) is 2.08. The molecule has 0 bridgehead atoms. The molecule has 0 aromatic rings. The highest BCUT2D eigenvalue weighted by atomic mass is 16.1. The van der Waals surface area contributed by atoms with E-state index in [-0.39, 0.29) is 0 Å². The molecule has 0 spiro atoms. The van der Waals surface area contributed by atoms with Crippen LogP contribution >= 0.6 is 0 Å². The van der Waals surface area contributed by atoms with Crippen LogP contribution in [0.15, 0.2) is 35.7 Å². The van der Waals surface area contributed by atoms with Crippen molar-refractivity contribution < 1.29 is 4.79 Å². The molecule has 3 heteroatoms. The summed E-state index contributed by atoms with van der Waals surface area (Å²) in [5.74, 6) is 0. The molecule has 64 valence electrons. The van der Waals surface area contributed by atoms with Crippen LogP contribution in [-0.4, -0.2) is 18.3 Å².